The van der Waals surface area contributed by atoms with Gasteiger partial charge in [0.05, 0.1) is 16.7 Å². The number of rotatable bonds is 9. The van der Waals surface area contributed by atoms with Gasteiger partial charge in [0.2, 0.25) is 0 Å². The quantitative estimate of drug-likeness (QED) is 0.141. The van der Waals surface area contributed by atoms with Crippen LogP contribution in [-0.4, -0.2) is 4.57 Å². The standard InChI is InChI=1S/C60H42N2/c1-4-14-43(15-5-1)47-28-35-52(36-29-47)61(53-37-30-48(31-38-53)44-16-6-2-7-17-44)54-39-32-49(33-40-54)46-24-26-50(27-25-46)55-20-10-12-22-58(55)62-59-23-13-11-21-56(59)57-42-51(34-41-60(57)62)45-18-8-3-9-19-45/h1-42H. The first-order valence-corrected chi connectivity index (χ1v) is 21.3. The minimum Gasteiger partial charge on any atom is -0.311 e. The molecule has 0 bridgehead atoms. The van der Waals surface area contributed by atoms with Crippen LogP contribution in [0.4, 0.5) is 17.1 Å². The molecule has 0 saturated heterocycles. The van der Waals surface area contributed by atoms with Crippen molar-refractivity contribution in [2.45, 2.75) is 0 Å². The van der Waals surface area contributed by atoms with Gasteiger partial charge >= 0.3 is 0 Å². The number of nitrogens with zero attached hydrogens (tertiary/aromatic N) is 2. The average molecular weight is 791 g/mol. The Labute approximate surface area is 362 Å². The smallest absolute Gasteiger partial charge is 0.0541 e. The first kappa shape index (κ1) is 36.8. The van der Waals surface area contributed by atoms with Crippen molar-refractivity contribution in [1.82, 2.24) is 4.57 Å². The molecule has 2 heteroatoms. The Morgan fingerprint density at radius 2 is 0.597 bits per heavy atom. The molecule has 0 aliphatic heterocycles. The van der Waals surface area contributed by atoms with E-state index in [0.717, 1.165) is 22.7 Å². The number of para-hydroxylation sites is 2. The first-order chi connectivity index (χ1) is 30.7. The number of hydrogen-bond donors (Lipinski definition) is 0. The summed E-state index contributed by atoms with van der Waals surface area (Å²) >= 11 is 0. The van der Waals surface area contributed by atoms with Crippen molar-refractivity contribution in [2.75, 3.05) is 4.90 Å². The number of anilines is 3. The third-order valence-corrected chi connectivity index (χ3v) is 12.0. The molecule has 0 radical (unpaired) electrons. The second-order valence-electron chi connectivity index (χ2n) is 15.8. The first-order valence-electron chi connectivity index (χ1n) is 21.3. The lowest BCUT2D eigenvalue weighted by molar-refractivity contribution is 1.18. The summed E-state index contributed by atoms with van der Waals surface area (Å²) < 4.78 is 2.43. The summed E-state index contributed by atoms with van der Waals surface area (Å²) in [6.45, 7) is 0. The van der Waals surface area contributed by atoms with E-state index in [-0.39, 0.29) is 0 Å². The van der Waals surface area contributed by atoms with E-state index < -0.39 is 0 Å². The van der Waals surface area contributed by atoms with Crippen molar-refractivity contribution in [3.63, 3.8) is 0 Å². The van der Waals surface area contributed by atoms with Crippen LogP contribution in [0.25, 0.3) is 83.1 Å². The fourth-order valence-electron chi connectivity index (χ4n) is 8.91. The van der Waals surface area contributed by atoms with Gasteiger partial charge < -0.3 is 9.47 Å². The molecule has 292 valence electrons. The molecule has 0 fully saturated rings. The molecule has 0 aliphatic carbocycles. The summed E-state index contributed by atoms with van der Waals surface area (Å²) in [5, 5.41) is 2.50. The molecule has 2 nitrogen and oxygen atoms in total. The van der Waals surface area contributed by atoms with Crippen LogP contribution in [0, 0.1) is 0 Å². The maximum absolute atomic E-state index is 2.43. The van der Waals surface area contributed by atoms with E-state index in [1.807, 2.05) is 0 Å². The van der Waals surface area contributed by atoms with E-state index in [4.69, 9.17) is 0 Å². The summed E-state index contributed by atoms with van der Waals surface area (Å²) in [5.74, 6) is 0. The number of fused-ring (bicyclic) bond motifs is 3. The zero-order chi connectivity index (χ0) is 41.2. The topological polar surface area (TPSA) is 8.17 Å². The van der Waals surface area contributed by atoms with Crippen LogP contribution in [0.2, 0.25) is 0 Å². The third kappa shape index (κ3) is 6.94. The van der Waals surface area contributed by atoms with Crippen LogP contribution in [0.3, 0.4) is 0 Å². The largest absolute Gasteiger partial charge is 0.311 e. The van der Waals surface area contributed by atoms with Gasteiger partial charge in [-0.2, -0.15) is 0 Å². The molecular formula is C60H42N2. The highest BCUT2D eigenvalue weighted by molar-refractivity contribution is 6.11. The zero-order valence-corrected chi connectivity index (χ0v) is 34.1. The molecule has 0 saturated carbocycles. The van der Waals surface area contributed by atoms with Gasteiger partial charge in [0.1, 0.15) is 0 Å². The van der Waals surface area contributed by atoms with Gasteiger partial charge in [-0.1, -0.05) is 194 Å². The minimum atomic E-state index is 1.10. The lowest BCUT2D eigenvalue weighted by Gasteiger charge is -2.26. The molecule has 0 N–H and O–H groups in total. The highest BCUT2D eigenvalue weighted by atomic mass is 15.1. The van der Waals surface area contributed by atoms with E-state index in [1.165, 1.54) is 77.4 Å². The molecule has 0 spiro atoms. The molecular weight excluding hydrogens is 749 g/mol. The van der Waals surface area contributed by atoms with E-state index in [9.17, 15) is 0 Å². The van der Waals surface area contributed by atoms with E-state index in [2.05, 4.69) is 264 Å². The normalized spacial score (nSPS) is 11.2. The van der Waals surface area contributed by atoms with Gasteiger partial charge in [0.25, 0.3) is 0 Å². The number of aromatic nitrogens is 1. The molecule has 0 amide bonds. The zero-order valence-electron chi connectivity index (χ0n) is 34.1. The van der Waals surface area contributed by atoms with E-state index in [0.29, 0.717) is 0 Å². The fourth-order valence-corrected chi connectivity index (χ4v) is 8.91. The van der Waals surface area contributed by atoms with Crippen LogP contribution in [-0.2, 0) is 0 Å². The summed E-state index contributed by atoms with van der Waals surface area (Å²) in [4.78, 5) is 2.34. The maximum atomic E-state index is 2.43. The Balaban J connectivity index is 0.920. The van der Waals surface area contributed by atoms with Crippen LogP contribution in [0.5, 0.6) is 0 Å². The van der Waals surface area contributed by atoms with Crippen LogP contribution < -0.4 is 4.90 Å². The van der Waals surface area contributed by atoms with Crippen LogP contribution >= 0.6 is 0 Å². The van der Waals surface area contributed by atoms with Crippen molar-refractivity contribution < 1.29 is 0 Å². The lowest BCUT2D eigenvalue weighted by atomic mass is 9.98. The Morgan fingerprint density at radius 1 is 0.242 bits per heavy atom. The Bertz CT molecular complexity index is 3190. The van der Waals surface area contributed by atoms with Crippen molar-refractivity contribution in [1.29, 1.82) is 0 Å². The van der Waals surface area contributed by atoms with Crippen LogP contribution in [0.15, 0.2) is 255 Å². The number of benzene rings is 10. The van der Waals surface area contributed by atoms with Gasteiger partial charge in [-0.05, 0) is 111 Å². The molecule has 0 atom stereocenters. The average Bonchev–Trinajstić information content (AvgIpc) is 3.69. The fraction of sp³-hybridized carbons (Fsp3) is 0. The molecule has 1 heterocycles. The summed E-state index contributed by atoms with van der Waals surface area (Å²) in [5.41, 5.74) is 18.8. The second-order valence-corrected chi connectivity index (χ2v) is 15.8. The summed E-state index contributed by atoms with van der Waals surface area (Å²) in [6, 6.07) is 91.9. The highest BCUT2D eigenvalue weighted by Gasteiger charge is 2.17. The summed E-state index contributed by atoms with van der Waals surface area (Å²) in [6.07, 6.45) is 0. The molecule has 1 aromatic heterocycles. The van der Waals surface area contributed by atoms with Gasteiger partial charge in [0.15, 0.2) is 0 Å². The molecule has 10 aromatic carbocycles. The predicted molar refractivity (Wildman–Crippen MR) is 263 cm³/mol. The van der Waals surface area contributed by atoms with Crippen LogP contribution in [0.1, 0.15) is 0 Å². The van der Waals surface area contributed by atoms with E-state index in [1.54, 1.807) is 0 Å². The molecule has 62 heavy (non-hydrogen) atoms. The molecule has 0 aliphatic rings. The molecule has 11 rings (SSSR count). The van der Waals surface area contributed by atoms with Crippen molar-refractivity contribution in [3.8, 4) is 61.3 Å². The summed E-state index contributed by atoms with van der Waals surface area (Å²) in [7, 11) is 0. The van der Waals surface area contributed by atoms with Gasteiger partial charge in [-0.3, -0.25) is 0 Å². The Kier molecular flexibility index (Phi) is 9.57. The monoisotopic (exact) mass is 790 g/mol. The van der Waals surface area contributed by atoms with Crippen molar-refractivity contribution in [2.24, 2.45) is 0 Å². The Hall–Kier alpha value is -8.20. The van der Waals surface area contributed by atoms with Crippen molar-refractivity contribution >= 4 is 38.9 Å². The van der Waals surface area contributed by atoms with E-state index >= 15 is 0 Å². The maximum Gasteiger partial charge on any atom is 0.0541 e. The highest BCUT2D eigenvalue weighted by Crippen LogP contribution is 2.40. The molecule has 11 aromatic rings. The van der Waals surface area contributed by atoms with Gasteiger partial charge in [-0.25, -0.2) is 0 Å². The SMILES string of the molecule is c1ccc(-c2ccc(N(c3ccc(-c4ccccc4)cc3)c3ccc(-c4ccc(-c5ccccc5-n5c6ccccc6c6cc(-c7ccccc7)ccc65)cc4)cc3)cc2)cc1. The molecule has 0 unspecified atom stereocenters. The van der Waals surface area contributed by atoms with Gasteiger partial charge in [-0.15, -0.1) is 0 Å². The minimum absolute atomic E-state index is 1.10. The van der Waals surface area contributed by atoms with Gasteiger partial charge in [0, 0.05) is 33.4 Å². The Morgan fingerprint density at radius 3 is 1.11 bits per heavy atom. The lowest BCUT2D eigenvalue weighted by Crippen LogP contribution is -2.09. The number of hydrogen-bond acceptors (Lipinski definition) is 1. The second kappa shape index (κ2) is 16.1. The predicted octanol–water partition coefficient (Wildman–Crippen LogP) is 16.6. The third-order valence-electron chi connectivity index (χ3n) is 12.0. The van der Waals surface area contributed by atoms with Crippen molar-refractivity contribution in [3.05, 3.63) is 255 Å².